The third-order valence-electron chi connectivity index (χ3n) is 3.95. The molecule has 0 fully saturated rings. The van der Waals surface area contributed by atoms with Gasteiger partial charge >= 0.3 is 6.09 Å². The second-order valence-electron chi connectivity index (χ2n) is 7.41. The van der Waals surface area contributed by atoms with E-state index in [9.17, 15) is 23.2 Å². The monoisotopic (exact) mass is 429 g/mol. The molecule has 0 aliphatic rings. The zero-order chi connectivity index (χ0) is 22.5. The van der Waals surface area contributed by atoms with Crippen molar-refractivity contribution in [2.45, 2.75) is 43.7 Å². The van der Waals surface area contributed by atoms with E-state index >= 15 is 0 Å². The van der Waals surface area contributed by atoms with Gasteiger partial charge in [-0.05, 0) is 55.7 Å². The lowest BCUT2D eigenvalue weighted by Crippen LogP contribution is -2.39. The van der Waals surface area contributed by atoms with E-state index in [2.05, 4.69) is 5.32 Å². The molecule has 0 radical (unpaired) electrons. The maximum atomic E-state index is 14.6. The van der Waals surface area contributed by atoms with Crippen molar-refractivity contribution in [2.24, 2.45) is 0 Å². The summed E-state index contributed by atoms with van der Waals surface area (Å²) in [5, 5.41) is 20.7. The highest BCUT2D eigenvalue weighted by Gasteiger charge is 2.20. The van der Waals surface area contributed by atoms with Gasteiger partial charge in [-0.1, -0.05) is 18.2 Å². The van der Waals surface area contributed by atoms with Crippen molar-refractivity contribution in [3.63, 3.8) is 0 Å². The molecule has 9 heteroatoms. The van der Waals surface area contributed by atoms with Crippen LogP contribution in [0, 0.1) is 28.5 Å². The SMILES string of the molecule is CC(C)(C)OC(=O)N[C@H](C#N)Cc1ccc(-c2ccc(C#N)c(S(=O)O)c2)cc1F. The fourth-order valence-corrected chi connectivity index (χ4v) is 3.16. The highest BCUT2D eigenvalue weighted by Crippen LogP contribution is 2.26. The molecule has 0 saturated heterocycles. The van der Waals surface area contributed by atoms with E-state index in [1.807, 2.05) is 12.1 Å². The quantitative estimate of drug-likeness (QED) is 0.695. The van der Waals surface area contributed by atoms with Gasteiger partial charge in [-0.2, -0.15) is 10.5 Å². The van der Waals surface area contributed by atoms with Crippen molar-refractivity contribution < 1.29 is 22.7 Å². The van der Waals surface area contributed by atoms with Crippen LogP contribution in [0.15, 0.2) is 41.3 Å². The van der Waals surface area contributed by atoms with E-state index in [-0.39, 0.29) is 22.4 Å². The van der Waals surface area contributed by atoms with Gasteiger partial charge in [-0.3, -0.25) is 0 Å². The van der Waals surface area contributed by atoms with Crippen molar-refractivity contribution in [3.8, 4) is 23.3 Å². The summed E-state index contributed by atoms with van der Waals surface area (Å²) < 4.78 is 40.5. The van der Waals surface area contributed by atoms with Gasteiger partial charge in [0.15, 0.2) is 11.1 Å². The molecular formula is C21H20FN3O4S. The molecule has 30 heavy (non-hydrogen) atoms. The molecule has 0 heterocycles. The second kappa shape index (κ2) is 9.49. The van der Waals surface area contributed by atoms with Crippen LogP contribution in [0.3, 0.4) is 0 Å². The van der Waals surface area contributed by atoms with Crippen molar-refractivity contribution >= 4 is 17.2 Å². The fourth-order valence-electron chi connectivity index (χ4n) is 2.63. The van der Waals surface area contributed by atoms with Gasteiger partial charge in [0.25, 0.3) is 0 Å². The second-order valence-corrected chi connectivity index (χ2v) is 8.35. The zero-order valence-corrected chi connectivity index (χ0v) is 17.4. The smallest absolute Gasteiger partial charge is 0.408 e. The first-order valence-electron chi connectivity index (χ1n) is 8.87. The summed E-state index contributed by atoms with van der Waals surface area (Å²) in [6, 6.07) is 11.3. The topological polar surface area (TPSA) is 123 Å². The van der Waals surface area contributed by atoms with E-state index in [0.717, 1.165) is 0 Å². The number of halogens is 1. The van der Waals surface area contributed by atoms with Gasteiger partial charge in [0.2, 0.25) is 0 Å². The third kappa shape index (κ3) is 6.11. The van der Waals surface area contributed by atoms with Gasteiger partial charge in [-0.25, -0.2) is 13.4 Å². The summed E-state index contributed by atoms with van der Waals surface area (Å²) in [6.45, 7) is 5.06. The maximum Gasteiger partial charge on any atom is 0.408 e. The normalized spacial score (nSPS) is 12.9. The zero-order valence-electron chi connectivity index (χ0n) is 16.6. The Kier molecular flexibility index (Phi) is 7.28. The van der Waals surface area contributed by atoms with Gasteiger partial charge in [0.05, 0.1) is 16.5 Å². The highest BCUT2D eigenvalue weighted by atomic mass is 32.2. The number of carbonyl (C=O) groups is 1. The van der Waals surface area contributed by atoms with Crippen LogP contribution < -0.4 is 5.32 Å². The Morgan fingerprint density at radius 2 is 1.87 bits per heavy atom. The van der Waals surface area contributed by atoms with E-state index in [1.165, 1.54) is 24.3 Å². The number of hydrogen-bond acceptors (Lipinski definition) is 5. The Morgan fingerprint density at radius 3 is 2.40 bits per heavy atom. The molecule has 156 valence electrons. The molecule has 0 spiro atoms. The van der Waals surface area contributed by atoms with Crippen LogP contribution in [0.25, 0.3) is 11.1 Å². The average molecular weight is 429 g/mol. The Morgan fingerprint density at radius 1 is 1.23 bits per heavy atom. The summed E-state index contributed by atoms with van der Waals surface area (Å²) in [6.07, 6.45) is -0.839. The minimum atomic E-state index is -2.36. The highest BCUT2D eigenvalue weighted by molar-refractivity contribution is 7.79. The van der Waals surface area contributed by atoms with Gasteiger partial charge < -0.3 is 14.6 Å². The fraction of sp³-hybridized carbons (Fsp3) is 0.286. The number of hydrogen-bond donors (Lipinski definition) is 2. The van der Waals surface area contributed by atoms with Crippen molar-refractivity contribution in [3.05, 3.63) is 53.3 Å². The number of rotatable bonds is 5. The van der Waals surface area contributed by atoms with Gasteiger partial charge in [0, 0.05) is 6.42 Å². The molecule has 2 aromatic rings. The lowest BCUT2D eigenvalue weighted by atomic mass is 9.99. The first-order chi connectivity index (χ1) is 14.0. The Hall–Kier alpha value is -3.27. The molecule has 1 unspecified atom stereocenters. The minimum absolute atomic E-state index is 0.0572. The van der Waals surface area contributed by atoms with Crippen LogP contribution in [-0.2, 0) is 22.2 Å². The van der Waals surface area contributed by atoms with Crippen LogP contribution in [0.5, 0.6) is 0 Å². The summed E-state index contributed by atoms with van der Waals surface area (Å²) in [5.74, 6) is -0.602. The Balaban J connectivity index is 2.22. The molecule has 2 N–H and O–H groups in total. The van der Waals surface area contributed by atoms with E-state index in [4.69, 9.17) is 10.00 Å². The standard InChI is InChI=1S/C21H20FN3O4S/c1-21(2,3)29-20(26)25-17(12-24)8-15-6-4-13(9-18(15)22)14-5-7-16(11-23)19(10-14)30(27)28/h4-7,9-10,17H,8H2,1-3H3,(H,25,26)(H,27,28)/t17-/m0/s1. The predicted octanol–water partition coefficient (Wildman–Crippen LogP) is 3.90. The minimum Gasteiger partial charge on any atom is -0.444 e. The molecule has 0 aromatic heterocycles. The van der Waals surface area contributed by atoms with Crippen LogP contribution in [0.1, 0.15) is 31.9 Å². The van der Waals surface area contributed by atoms with Crippen LogP contribution in [-0.4, -0.2) is 26.5 Å². The first-order valence-corrected chi connectivity index (χ1v) is 9.97. The maximum absolute atomic E-state index is 14.6. The lowest BCUT2D eigenvalue weighted by Gasteiger charge is -2.21. The molecular weight excluding hydrogens is 409 g/mol. The van der Waals surface area contributed by atoms with E-state index in [0.29, 0.717) is 11.1 Å². The molecule has 2 rings (SSSR count). The van der Waals surface area contributed by atoms with Crippen LogP contribution >= 0.6 is 0 Å². The molecule has 2 atom stereocenters. The van der Waals surface area contributed by atoms with E-state index in [1.54, 1.807) is 32.9 Å². The van der Waals surface area contributed by atoms with Crippen molar-refractivity contribution in [1.29, 1.82) is 10.5 Å². The Labute approximate surface area is 176 Å². The number of nitrogens with one attached hydrogen (secondary N) is 1. The largest absolute Gasteiger partial charge is 0.444 e. The molecule has 7 nitrogen and oxygen atoms in total. The number of alkyl carbamates (subject to hydrolysis) is 1. The molecule has 0 aliphatic heterocycles. The van der Waals surface area contributed by atoms with Crippen LogP contribution in [0.4, 0.5) is 9.18 Å². The summed E-state index contributed by atoms with van der Waals surface area (Å²) in [7, 11) is 0. The van der Waals surface area contributed by atoms with Gasteiger partial charge in [0.1, 0.15) is 23.5 Å². The summed E-state index contributed by atoms with van der Waals surface area (Å²) in [4.78, 5) is 11.8. The number of carbonyl (C=O) groups excluding carboxylic acids is 1. The van der Waals surface area contributed by atoms with E-state index < -0.39 is 34.6 Å². The lowest BCUT2D eigenvalue weighted by molar-refractivity contribution is 0.0515. The number of benzene rings is 2. The van der Waals surface area contributed by atoms with Crippen molar-refractivity contribution in [2.75, 3.05) is 0 Å². The summed E-state index contributed by atoms with van der Waals surface area (Å²) >= 11 is -2.36. The molecule has 0 saturated carbocycles. The summed E-state index contributed by atoms with van der Waals surface area (Å²) in [5.41, 5.74) is 0.430. The number of nitrogens with zero attached hydrogens (tertiary/aromatic N) is 2. The third-order valence-corrected chi connectivity index (χ3v) is 4.66. The number of amides is 1. The first kappa shape index (κ1) is 23.0. The number of nitriles is 2. The average Bonchev–Trinajstić information content (AvgIpc) is 2.66. The Bertz CT molecular complexity index is 1070. The predicted molar refractivity (Wildman–Crippen MR) is 108 cm³/mol. The molecule has 0 bridgehead atoms. The molecule has 2 aromatic carbocycles. The number of ether oxygens (including phenoxy) is 1. The van der Waals surface area contributed by atoms with Crippen LogP contribution in [0.2, 0.25) is 0 Å². The molecule has 1 amide bonds. The molecule has 0 aliphatic carbocycles. The van der Waals surface area contributed by atoms with Gasteiger partial charge in [-0.15, -0.1) is 0 Å². The van der Waals surface area contributed by atoms with Crippen molar-refractivity contribution in [1.82, 2.24) is 5.32 Å².